The molecule has 2 heterocycles. The molecular formula is C25H27F2N3O3. The van der Waals surface area contributed by atoms with Crippen LogP contribution in [0.4, 0.5) is 8.78 Å². The molecule has 0 aliphatic carbocycles. The first-order valence-corrected chi connectivity index (χ1v) is 11.0. The molecule has 1 aliphatic heterocycles. The van der Waals surface area contributed by atoms with Crippen LogP contribution in [0.3, 0.4) is 0 Å². The van der Waals surface area contributed by atoms with Gasteiger partial charge in [0.05, 0.1) is 12.5 Å². The Morgan fingerprint density at radius 2 is 1.94 bits per heavy atom. The number of carbonyl (C=O) groups excluding carboxylic acids is 2. The van der Waals surface area contributed by atoms with Crippen molar-refractivity contribution in [1.29, 1.82) is 0 Å². The normalized spacial score (nSPS) is 19.1. The van der Waals surface area contributed by atoms with Crippen LogP contribution in [-0.2, 0) is 29.5 Å². The van der Waals surface area contributed by atoms with Gasteiger partial charge in [0.25, 0.3) is 0 Å². The highest BCUT2D eigenvalue weighted by Crippen LogP contribution is 2.24. The zero-order chi connectivity index (χ0) is 23.7. The van der Waals surface area contributed by atoms with Crippen LogP contribution in [0.2, 0.25) is 0 Å². The quantitative estimate of drug-likeness (QED) is 0.600. The second-order valence-electron chi connectivity index (χ2n) is 8.76. The van der Waals surface area contributed by atoms with Gasteiger partial charge in [-0.15, -0.1) is 0 Å². The largest absolute Gasteiger partial charge is 0.391 e. The topological polar surface area (TPSA) is 74.6 Å². The Bertz CT molecular complexity index is 1190. The summed E-state index contributed by atoms with van der Waals surface area (Å²) in [4.78, 5) is 27.1. The fourth-order valence-electron chi connectivity index (χ4n) is 4.57. The number of aryl methyl sites for hydroxylation is 1. The van der Waals surface area contributed by atoms with Crippen LogP contribution in [0.5, 0.6) is 0 Å². The van der Waals surface area contributed by atoms with Gasteiger partial charge in [-0.25, -0.2) is 8.78 Å². The Hall–Kier alpha value is -3.26. The van der Waals surface area contributed by atoms with E-state index in [1.165, 1.54) is 29.2 Å². The number of amides is 2. The maximum absolute atomic E-state index is 14.0. The molecule has 3 unspecified atom stereocenters. The fraction of sp³-hybridized carbons (Fsp3) is 0.360. The first kappa shape index (κ1) is 22.9. The lowest BCUT2D eigenvalue weighted by Crippen LogP contribution is -2.49. The molecule has 2 aromatic carbocycles. The average molecular weight is 456 g/mol. The first-order chi connectivity index (χ1) is 15.7. The number of aliphatic hydroxyl groups excluding tert-OH is 1. The summed E-state index contributed by atoms with van der Waals surface area (Å²) < 4.78 is 29.6. The van der Waals surface area contributed by atoms with Crippen LogP contribution < -0.4 is 5.32 Å². The number of β-amino-alcohol motifs (C(OH)–C–C–N with tert-alkyl or cyclic N) is 1. The molecule has 6 nitrogen and oxygen atoms in total. The second-order valence-corrected chi connectivity index (χ2v) is 8.76. The van der Waals surface area contributed by atoms with E-state index in [9.17, 15) is 23.5 Å². The molecular weight excluding hydrogens is 428 g/mol. The van der Waals surface area contributed by atoms with E-state index in [0.29, 0.717) is 6.42 Å². The number of aromatic nitrogens is 1. The third kappa shape index (κ3) is 4.90. The van der Waals surface area contributed by atoms with Gasteiger partial charge in [0.1, 0.15) is 17.7 Å². The lowest BCUT2D eigenvalue weighted by molar-refractivity contribution is -0.138. The Kier molecular flexibility index (Phi) is 6.47. The molecule has 1 aromatic heterocycles. The van der Waals surface area contributed by atoms with Gasteiger partial charge < -0.3 is 19.9 Å². The standard InChI is InChI=1S/C25H27F2N3O3/c1-15(9-17-13-29(2)22-8-7-18(26)11-20(17)22)28-25(33)23-12-19(31)14-30(23)24(32)10-16-5-3-4-6-21(16)27/h3-8,11,13,15,19,23,31H,9-10,12,14H2,1-2H3,(H,28,33). The molecule has 174 valence electrons. The van der Waals surface area contributed by atoms with E-state index < -0.39 is 23.9 Å². The summed E-state index contributed by atoms with van der Waals surface area (Å²) in [6.07, 6.45) is 1.52. The summed E-state index contributed by atoms with van der Waals surface area (Å²) in [6.45, 7) is 1.87. The molecule has 1 fully saturated rings. The van der Waals surface area contributed by atoms with E-state index in [2.05, 4.69) is 5.32 Å². The number of likely N-dealkylation sites (tertiary alicyclic amines) is 1. The zero-order valence-corrected chi connectivity index (χ0v) is 18.6. The van der Waals surface area contributed by atoms with Crippen molar-refractivity contribution >= 4 is 22.7 Å². The van der Waals surface area contributed by atoms with Crippen molar-refractivity contribution in [3.05, 3.63) is 71.4 Å². The van der Waals surface area contributed by atoms with Gasteiger partial charge in [0, 0.05) is 43.2 Å². The van der Waals surface area contributed by atoms with Crippen LogP contribution in [0.1, 0.15) is 24.5 Å². The van der Waals surface area contributed by atoms with E-state index in [4.69, 9.17) is 0 Å². The highest BCUT2D eigenvalue weighted by molar-refractivity contribution is 5.89. The van der Waals surface area contributed by atoms with E-state index >= 15 is 0 Å². The number of carbonyl (C=O) groups is 2. The number of rotatable bonds is 6. The Morgan fingerprint density at radius 3 is 2.70 bits per heavy atom. The van der Waals surface area contributed by atoms with E-state index in [1.807, 2.05) is 24.7 Å². The maximum Gasteiger partial charge on any atom is 0.243 e. The maximum atomic E-state index is 14.0. The number of benzene rings is 2. The van der Waals surface area contributed by atoms with Gasteiger partial charge in [0.15, 0.2) is 0 Å². The number of nitrogens with one attached hydrogen (secondary N) is 1. The Balaban J connectivity index is 1.44. The van der Waals surface area contributed by atoms with Gasteiger partial charge >= 0.3 is 0 Å². The first-order valence-electron chi connectivity index (χ1n) is 11.0. The number of hydrogen-bond acceptors (Lipinski definition) is 3. The molecule has 4 rings (SSSR count). The van der Waals surface area contributed by atoms with Gasteiger partial charge in [0.2, 0.25) is 11.8 Å². The molecule has 2 N–H and O–H groups in total. The molecule has 8 heteroatoms. The van der Waals surface area contributed by atoms with E-state index in [-0.39, 0.29) is 42.7 Å². The molecule has 3 atom stereocenters. The predicted molar refractivity (Wildman–Crippen MR) is 120 cm³/mol. The number of nitrogens with zero attached hydrogens (tertiary/aromatic N) is 2. The van der Waals surface area contributed by atoms with Crippen LogP contribution in [-0.4, -0.2) is 51.1 Å². The van der Waals surface area contributed by atoms with Crippen molar-refractivity contribution in [2.45, 2.75) is 44.4 Å². The third-order valence-electron chi connectivity index (χ3n) is 6.15. The minimum Gasteiger partial charge on any atom is -0.391 e. The minimum absolute atomic E-state index is 0.0301. The third-order valence-corrected chi connectivity index (χ3v) is 6.15. The lowest BCUT2D eigenvalue weighted by atomic mass is 10.0. The molecule has 1 saturated heterocycles. The average Bonchev–Trinajstić information content (AvgIpc) is 3.29. The SMILES string of the molecule is CC(Cc1cn(C)c2ccc(F)cc12)NC(=O)C1CC(O)CN1C(=O)Cc1ccccc1F. The van der Waals surface area contributed by atoms with E-state index in [1.54, 1.807) is 18.2 Å². The lowest BCUT2D eigenvalue weighted by Gasteiger charge is -2.25. The highest BCUT2D eigenvalue weighted by Gasteiger charge is 2.39. The molecule has 0 bridgehead atoms. The Labute approximate surface area is 190 Å². The molecule has 1 aliphatic rings. The van der Waals surface area contributed by atoms with Crippen molar-refractivity contribution in [2.75, 3.05) is 6.54 Å². The monoisotopic (exact) mass is 455 g/mol. The number of aliphatic hydroxyl groups is 1. The second kappa shape index (κ2) is 9.31. The number of hydrogen-bond donors (Lipinski definition) is 2. The van der Waals surface area contributed by atoms with Crippen molar-refractivity contribution in [3.63, 3.8) is 0 Å². The fourth-order valence-corrected chi connectivity index (χ4v) is 4.57. The van der Waals surface area contributed by atoms with Crippen molar-refractivity contribution in [1.82, 2.24) is 14.8 Å². The molecule has 0 radical (unpaired) electrons. The number of halogens is 2. The molecule has 2 amide bonds. The van der Waals surface area contributed by atoms with E-state index in [0.717, 1.165) is 16.5 Å². The van der Waals surface area contributed by atoms with Crippen LogP contribution in [0, 0.1) is 11.6 Å². The van der Waals surface area contributed by atoms with Gasteiger partial charge in [-0.2, -0.15) is 0 Å². The van der Waals surface area contributed by atoms with Gasteiger partial charge in [-0.1, -0.05) is 18.2 Å². The van der Waals surface area contributed by atoms with Gasteiger partial charge in [-0.05, 0) is 48.7 Å². The number of fused-ring (bicyclic) bond motifs is 1. The van der Waals surface area contributed by atoms with Crippen LogP contribution in [0.25, 0.3) is 10.9 Å². The van der Waals surface area contributed by atoms with Crippen LogP contribution >= 0.6 is 0 Å². The summed E-state index contributed by atoms with van der Waals surface area (Å²) in [5.74, 6) is -1.58. The van der Waals surface area contributed by atoms with Crippen molar-refractivity contribution in [3.8, 4) is 0 Å². The molecule has 0 saturated carbocycles. The summed E-state index contributed by atoms with van der Waals surface area (Å²) in [6, 6.07) is 9.51. The predicted octanol–water partition coefficient (Wildman–Crippen LogP) is 2.71. The van der Waals surface area contributed by atoms with Crippen molar-refractivity contribution < 1.29 is 23.5 Å². The molecule has 3 aromatic rings. The summed E-state index contributed by atoms with van der Waals surface area (Å²) in [7, 11) is 1.88. The molecule has 33 heavy (non-hydrogen) atoms. The summed E-state index contributed by atoms with van der Waals surface area (Å²) in [5, 5.41) is 13.8. The Morgan fingerprint density at radius 1 is 1.18 bits per heavy atom. The highest BCUT2D eigenvalue weighted by atomic mass is 19.1. The minimum atomic E-state index is -0.827. The van der Waals surface area contributed by atoms with Crippen molar-refractivity contribution in [2.24, 2.45) is 7.05 Å². The van der Waals surface area contributed by atoms with Gasteiger partial charge in [-0.3, -0.25) is 9.59 Å². The van der Waals surface area contributed by atoms with Crippen LogP contribution in [0.15, 0.2) is 48.7 Å². The zero-order valence-electron chi connectivity index (χ0n) is 18.6. The smallest absolute Gasteiger partial charge is 0.243 e. The molecule has 0 spiro atoms. The summed E-state index contributed by atoms with van der Waals surface area (Å²) >= 11 is 0. The summed E-state index contributed by atoms with van der Waals surface area (Å²) in [5.41, 5.74) is 2.05.